The SMILES string of the molecule is CCC(C(=O)NC(CC(=O)O)C(=O)COc1c(F)c(F)cc(F)c1F)n1cccc(NC(=O)C(C)C)c1=O. The lowest BCUT2D eigenvalue weighted by Gasteiger charge is -2.22. The predicted molar refractivity (Wildman–Crippen MR) is 124 cm³/mol. The largest absolute Gasteiger partial charge is 0.481 e. The number of amides is 2. The molecule has 206 valence electrons. The normalized spacial score (nSPS) is 12.5. The lowest BCUT2D eigenvalue weighted by Crippen LogP contribution is -2.48. The number of carbonyl (C=O) groups is 4. The van der Waals surface area contributed by atoms with Crippen molar-refractivity contribution in [3.63, 3.8) is 0 Å². The van der Waals surface area contributed by atoms with Gasteiger partial charge in [-0.25, -0.2) is 8.78 Å². The minimum atomic E-state index is -1.91. The number of nitrogens with zero attached hydrogens (tertiary/aromatic N) is 1. The Bertz CT molecular complexity index is 1270. The molecular formula is C24H25F4N3O7. The highest BCUT2D eigenvalue weighted by atomic mass is 19.2. The summed E-state index contributed by atoms with van der Waals surface area (Å²) in [5.41, 5.74) is -0.859. The summed E-state index contributed by atoms with van der Waals surface area (Å²) in [7, 11) is 0. The number of carbonyl (C=O) groups excluding carboxylic acids is 3. The summed E-state index contributed by atoms with van der Waals surface area (Å²) in [6.45, 7) is 3.49. The third-order valence-electron chi connectivity index (χ3n) is 5.30. The van der Waals surface area contributed by atoms with Crippen molar-refractivity contribution < 1.29 is 46.6 Å². The first-order chi connectivity index (χ1) is 17.8. The second-order valence-electron chi connectivity index (χ2n) is 8.41. The average molecular weight is 543 g/mol. The topological polar surface area (TPSA) is 144 Å². The molecule has 2 atom stereocenters. The van der Waals surface area contributed by atoms with E-state index in [9.17, 15) is 41.5 Å². The number of Topliss-reactive ketones (excluding diaryl/α,β-unsaturated/α-hetero) is 1. The maximum Gasteiger partial charge on any atom is 0.305 e. The molecule has 2 unspecified atom stereocenters. The molecule has 3 N–H and O–H groups in total. The van der Waals surface area contributed by atoms with E-state index in [1.54, 1.807) is 13.8 Å². The highest BCUT2D eigenvalue weighted by Gasteiger charge is 2.30. The van der Waals surface area contributed by atoms with Crippen LogP contribution in [0.2, 0.25) is 0 Å². The lowest BCUT2D eigenvalue weighted by molar-refractivity contribution is -0.140. The fourth-order valence-corrected chi connectivity index (χ4v) is 3.25. The number of nitrogens with one attached hydrogen (secondary N) is 2. The van der Waals surface area contributed by atoms with Crippen molar-refractivity contribution in [2.75, 3.05) is 11.9 Å². The van der Waals surface area contributed by atoms with E-state index in [1.807, 2.05) is 0 Å². The molecule has 0 bridgehead atoms. The standard InChI is InChI=1S/C24H25F4N3O7/c1-4-16(31-7-5-6-14(24(31)37)29-22(35)11(2)3)23(36)30-15(9-18(33)34)17(32)10-38-21-19(27)12(25)8-13(26)20(21)28/h5-8,11,15-16H,4,9-10H2,1-3H3,(H,29,35)(H,30,36)(H,33,34). The summed E-state index contributed by atoms with van der Waals surface area (Å²) in [5, 5.41) is 13.7. The molecule has 2 amide bonds. The van der Waals surface area contributed by atoms with Gasteiger partial charge in [-0.3, -0.25) is 24.0 Å². The highest BCUT2D eigenvalue weighted by Crippen LogP contribution is 2.26. The summed E-state index contributed by atoms with van der Waals surface area (Å²) in [4.78, 5) is 61.7. The Morgan fingerprint density at radius 2 is 1.66 bits per heavy atom. The molecule has 0 aliphatic heterocycles. The molecule has 1 aromatic carbocycles. The van der Waals surface area contributed by atoms with E-state index in [0.29, 0.717) is 0 Å². The number of ether oxygens (including phenoxy) is 1. The van der Waals surface area contributed by atoms with Gasteiger partial charge in [0.2, 0.25) is 23.4 Å². The molecule has 10 nitrogen and oxygen atoms in total. The number of aliphatic carboxylic acids is 1. The number of aromatic nitrogens is 1. The van der Waals surface area contributed by atoms with Gasteiger partial charge in [-0.15, -0.1) is 0 Å². The molecule has 0 aliphatic rings. The molecule has 38 heavy (non-hydrogen) atoms. The monoisotopic (exact) mass is 543 g/mol. The van der Waals surface area contributed by atoms with Gasteiger partial charge in [-0.2, -0.15) is 8.78 Å². The van der Waals surface area contributed by atoms with Crippen molar-refractivity contribution in [2.45, 2.75) is 45.7 Å². The number of hydrogen-bond donors (Lipinski definition) is 3. The van der Waals surface area contributed by atoms with E-state index in [1.165, 1.54) is 25.3 Å². The first kappa shape index (κ1) is 30.0. The Hall–Kier alpha value is -4.23. The first-order valence-corrected chi connectivity index (χ1v) is 11.3. The van der Waals surface area contributed by atoms with E-state index < -0.39 is 89.2 Å². The fourth-order valence-electron chi connectivity index (χ4n) is 3.25. The van der Waals surface area contributed by atoms with Gasteiger partial charge in [-0.1, -0.05) is 20.8 Å². The van der Waals surface area contributed by atoms with Crippen molar-refractivity contribution in [3.05, 3.63) is 58.0 Å². The molecule has 14 heteroatoms. The van der Waals surface area contributed by atoms with E-state index in [2.05, 4.69) is 15.4 Å². The smallest absolute Gasteiger partial charge is 0.305 e. The van der Waals surface area contributed by atoms with Crippen LogP contribution in [-0.2, 0) is 19.2 Å². The molecule has 1 heterocycles. The lowest BCUT2D eigenvalue weighted by atomic mass is 10.1. The zero-order valence-electron chi connectivity index (χ0n) is 20.5. The number of benzene rings is 1. The number of carboxylic acids is 1. The number of pyridine rings is 1. The van der Waals surface area contributed by atoms with Crippen LogP contribution in [-0.4, -0.2) is 45.9 Å². The molecule has 0 radical (unpaired) electrons. The summed E-state index contributed by atoms with van der Waals surface area (Å²) in [6.07, 6.45) is 0.269. The average Bonchev–Trinajstić information content (AvgIpc) is 2.84. The molecule has 1 aromatic heterocycles. The first-order valence-electron chi connectivity index (χ1n) is 11.3. The van der Waals surface area contributed by atoms with Crippen LogP contribution in [0.3, 0.4) is 0 Å². The van der Waals surface area contributed by atoms with Crippen molar-refractivity contribution in [2.24, 2.45) is 5.92 Å². The zero-order valence-corrected chi connectivity index (χ0v) is 20.5. The van der Waals surface area contributed by atoms with Gasteiger partial charge in [-0.05, 0) is 18.6 Å². The molecule has 0 spiro atoms. The van der Waals surface area contributed by atoms with E-state index >= 15 is 0 Å². The summed E-state index contributed by atoms with van der Waals surface area (Å²) in [6, 6.07) is -0.398. The van der Waals surface area contributed by atoms with Crippen molar-refractivity contribution in [1.82, 2.24) is 9.88 Å². The molecular weight excluding hydrogens is 518 g/mol. The highest BCUT2D eigenvalue weighted by molar-refractivity contribution is 5.94. The van der Waals surface area contributed by atoms with Crippen LogP contribution >= 0.6 is 0 Å². The minimum Gasteiger partial charge on any atom is -0.481 e. The van der Waals surface area contributed by atoms with Gasteiger partial charge in [0.15, 0.2) is 23.2 Å². The Balaban J connectivity index is 2.26. The number of anilines is 1. The summed E-state index contributed by atoms with van der Waals surface area (Å²) in [5.74, 6) is -13.5. The number of ketones is 1. The van der Waals surface area contributed by atoms with Crippen molar-refractivity contribution in [1.29, 1.82) is 0 Å². The maximum atomic E-state index is 13.8. The van der Waals surface area contributed by atoms with Crippen LogP contribution < -0.4 is 20.9 Å². The van der Waals surface area contributed by atoms with Gasteiger partial charge in [0.25, 0.3) is 5.56 Å². The molecule has 2 aromatic rings. The molecule has 0 saturated heterocycles. The molecule has 0 aliphatic carbocycles. The second kappa shape index (κ2) is 12.8. The summed E-state index contributed by atoms with van der Waals surface area (Å²) < 4.78 is 59.9. The number of hydrogen-bond acceptors (Lipinski definition) is 6. The number of halogens is 4. The Kier molecular flexibility index (Phi) is 10.1. The Labute approximate surface area is 213 Å². The van der Waals surface area contributed by atoms with Crippen LogP contribution in [0.5, 0.6) is 5.75 Å². The Morgan fingerprint density at radius 3 is 2.18 bits per heavy atom. The zero-order chi connectivity index (χ0) is 28.7. The maximum absolute atomic E-state index is 13.8. The third kappa shape index (κ3) is 7.17. The predicted octanol–water partition coefficient (Wildman–Crippen LogP) is 2.56. The van der Waals surface area contributed by atoms with Crippen LogP contribution in [0, 0.1) is 29.2 Å². The molecule has 0 fully saturated rings. The molecule has 2 rings (SSSR count). The second-order valence-corrected chi connectivity index (χ2v) is 8.41. The van der Waals surface area contributed by atoms with Crippen LogP contribution in [0.15, 0.2) is 29.2 Å². The number of carboxylic acid groups (broad SMARTS) is 1. The van der Waals surface area contributed by atoms with Crippen LogP contribution in [0.25, 0.3) is 0 Å². The van der Waals surface area contributed by atoms with Crippen LogP contribution in [0.1, 0.15) is 39.7 Å². The van der Waals surface area contributed by atoms with Gasteiger partial charge in [0, 0.05) is 18.2 Å². The third-order valence-corrected chi connectivity index (χ3v) is 5.30. The van der Waals surface area contributed by atoms with E-state index in [4.69, 9.17) is 5.11 Å². The van der Waals surface area contributed by atoms with Crippen molar-refractivity contribution in [3.8, 4) is 5.75 Å². The fraction of sp³-hybridized carbons (Fsp3) is 0.375. The Morgan fingerprint density at radius 1 is 1.05 bits per heavy atom. The van der Waals surface area contributed by atoms with E-state index in [-0.39, 0.29) is 18.2 Å². The van der Waals surface area contributed by atoms with E-state index in [0.717, 1.165) is 4.57 Å². The minimum absolute atomic E-state index is 0.00318. The summed E-state index contributed by atoms with van der Waals surface area (Å²) >= 11 is 0. The quantitative estimate of drug-likeness (QED) is 0.276. The van der Waals surface area contributed by atoms with Gasteiger partial charge < -0.3 is 25.0 Å². The van der Waals surface area contributed by atoms with Gasteiger partial charge in [0.1, 0.15) is 24.4 Å². The van der Waals surface area contributed by atoms with Crippen molar-refractivity contribution >= 4 is 29.3 Å². The molecule has 0 saturated carbocycles. The van der Waals surface area contributed by atoms with Gasteiger partial charge >= 0.3 is 5.97 Å². The van der Waals surface area contributed by atoms with Gasteiger partial charge in [0.05, 0.1) is 6.42 Å². The van der Waals surface area contributed by atoms with Crippen LogP contribution in [0.4, 0.5) is 23.2 Å². The number of rotatable bonds is 12.